The molecule has 0 aliphatic carbocycles. The number of rotatable bonds is 11. The van der Waals surface area contributed by atoms with E-state index in [0.717, 1.165) is 39.9 Å². The number of aromatic nitrogens is 1. The zero-order valence-electron chi connectivity index (χ0n) is 21.6. The van der Waals surface area contributed by atoms with Crippen molar-refractivity contribution < 1.29 is 15.0 Å². The number of hydrogen-bond donors (Lipinski definition) is 2. The van der Waals surface area contributed by atoms with Crippen molar-refractivity contribution in [1.29, 1.82) is 0 Å². The topological polar surface area (TPSA) is 70.4 Å². The molecular weight excluding hydrogens is 514 g/mol. The Bertz CT molecular complexity index is 1440. The first-order valence-electron chi connectivity index (χ1n) is 12.7. The van der Waals surface area contributed by atoms with Gasteiger partial charge in [0.05, 0.1) is 22.4 Å². The van der Waals surface area contributed by atoms with E-state index in [-0.39, 0.29) is 5.25 Å². The van der Waals surface area contributed by atoms with Gasteiger partial charge in [-0.05, 0) is 85.9 Å². The Kier molecular flexibility index (Phi) is 9.26. The first-order valence-corrected chi connectivity index (χ1v) is 14.1. The molecule has 3 aromatic carbocycles. The Labute approximate surface area is 233 Å². The number of nitrogens with zero attached hydrogens (tertiary/aromatic N) is 1. The lowest BCUT2D eigenvalue weighted by molar-refractivity contribution is 0.0694. The number of benzene rings is 3. The zero-order chi connectivity index (χ0) is 27.1. The van der Waals surface area contributed by atoms with E-state index in [4.69, 9.17) is 16.6 Å². The highest BCUT2D eigenvalue weighted by Gasteiger charge is 2.18. The van der Waals surface area contributed by atoms with Gasteiger partial charge >= 0.3 is 5.97 Å². The molecule has 0 aliphatic rings. The first kappa shape index (κ1) is 27.9. The quantitative estimate of drug-likeness (QED) is 0.198. The van der Waals surface area contributed by atoms with E-state index in [1.54, 1.807) is 23.9 Å². The lowest BCUT2D eigenvalue weighted by Gasteiger charge is -2.21. The van der Waals surface area contributed by atoms with E-state index in [0.29, 0.717) is 23.4 Å². The van der Waals surface area contributed by atoms with Gasteiger partial charge in [-0.2, -0.15) is 11.8 Å². The minimum absolute atomic E-state index is 0.161. The molecule has 1 heterocycles. The first-order chi connectivity index (χ1) is 18.2. The molecule has 0 amide bonds. The summed E-state index contributed by atoms with van der Waals surface area (Å²) in [5, 5.41) is 21.7. The average Bonchev–Trinajstić information content (AvgIpc) is 2.88. The summed E-state index contributed by atoms with van der Waals surface area (Å²) in [6.07, 6.45) is 6.18. The van der Waals surface area contributed by atoms with Crippen molar-refractivity contribution in [2.24, 2.45) is 0 Å². The highest BCUT2D eigenvalue weighted by atomic mass is 35.5. The van der Waals surface area contributed by atoms with Gasteiger partial charge in [0.2, 0.25) is 0 Å². The number of halogens is 1. The van der Waals surface area contributed by atoms with Crippen LogP contribution in [0.2, 0.25) is 5.02 Å². The van der Waals surface area contributed by atoms with Crippen LogP contribution in [0, 0.1) is 0 Å². The van der Waals surface area contributed by atoms with Crippen molar-refractivity contribution in [3.8, 4) is 0 Å². The third-order valence-electron chi connectivity index (χ3n) is 6.36. The molecule has 0 aliphatic heterocycles. The summed E-state index contributed by atoms with van der Waals surface area (Å²) in [6.45, 7) is 3.65. The normalized spacial score (nSPS) is 12.7. The fraction of sp³-hybridized carbons (Fsp3) is 0.250. The molecular formula is C32H32ClNO3S. The van der Waals surface area contributed by atoms with Crippen LogP contribution in [0.4, 0.5) is 0 Å². The van der Waals surface area contributed by atoms with Crippen molar-refractivity contribution in [3.63, 3.8) is 0 Å². The second-order valence-corrected chi connectivity index (χ2v) is 11.7. The minimum Gasteiger partial charge on any atom is -0.478 e. The summed E-state index contributed by atoms with van der Waals surface area (Å²) in [4.78, 5) is 16.4. The van der Waals surface area contributed by atoms with Gasteiger partial charge in [0, 0.05) is 15.7 Å². The monoisotopic (exact) mass is 545 g/mol. The highest BCUT2D eigenvalue weighted by Crippen LogP contribution is 2.35. The largest absolute Gasteiger partial charge is 0.478 e. The van der Waals surface area contributed by atoms with Crippen LogP contribution in [0.3, 0.4) is 0 Å². The van der Waals surface area contributed by atoms with Gasteiger partial charge in [0.15, 0.2) is 0 Å². The summed E-state index contributed by atoms with van der Waals surface area (Å²) >= 11 is 7.94. The van der Waals surface area contributed by atoms with Crippen molar-refractivity contribution in [3.05, 3.63) is 112 Å². The summed E-state index contributed by atoms with van der Waals surface area (Å²) in [7, 11) is 0. The number of aliphatic hydroxyl groups is 1. The Balaban J connectivity index is 1.54. The van der Waals surface area contributed by atoms with Crippen LogP contribution in [-0.2, 0) is 6.42 Å². The SMILES string of the molecule is CC(C)(O)CCS[C@H](CCc1ccccc1C(=O)O)c1cccc(C=Cc2ccc3ccc(Cl)cc3n2)c1. The molecule has 4 nitrogen and oxygen atoms in total. The van der Waals surface area contributed by atoms with Crippen LogP contribution in [0.15, 0.2) is 78.9 Å². The second-order valence-electron chi connectivity index (χ2n) is 10.00. The molecule has 0 spiro atoms. The Morgan fingerprint density at radius 1 is 1.03 bits per heavy atom. The van der Waals surface area contributed by atoms with E-state index in [1.807, 2.05) is 62.4 Å². The fourth-order valence-corrected chi connectivity index (χ4v) is 5.97. The summed E-state index contributed by atoms with van der Waals surface area (Å²) in [5.41, 5.74) is 4.42. The van der Waals surface area contributed by atoms with Crippen molar-refractivity contribution in [1.82, 2.24) is 4.98 Å². The second kappa shape index (κ2) is 12.6. The van der Waals surface area contributed by atoms with Crippen LogP contribution >= 0.6 is 23.4 Å². The molecule has 0 bridgehead atoms. The molecule has 196 valence electrons. The van der Waals surface area contributed by atoms with Crippen LogP contribution < -0.4 is 0 Å². The summed E-state index contributed by atoms with van der Waals surface area (Å²) in [5.74, 6) is -0.0956. The summed E-state index contributed by atoms with van der Waals surface area (Å²) in [6, 6.07) is 25.4. The summed E-state index contributed by atoms with van der Waals surface area (Å²) < 4.78 is 0. The molecule has 0 saturated carbocycles. The number of thioether (sulfide) groups is 1. The van der Waals surface area contributed by atoms with E-state index in [1.165, 1.54) is 5.56 Å². The van der Waals surface area contributed by atoms with Gasteiger partial charge in [-0.3, -0.25) is 0 Å². The van der Waals surface area contributed by atoms with Crippen LogP contribution in [0.25, 0.3) is 23.1 Å². The van der Waals surface area contributed by atoms with Crippen LogP contribution in [-0.4, -0.2) is 32.5 Å². The van der Waals surface area contributed by atoms with Crippen molar-refractivity contribution >= 4 is 52.4 Å². The molecule has 6 heteroatoms. The molecule has 0 saturated heterocycles. The maximum atomic E-state index is 11.7. The number of fused-ring (bicyclic) bond motifs is 1. The minimum atomic E-state index is -0.900. The maximum Gasteiger partial charge on any atom is 0.335 e. The number of aromatic carboxylic acids is 1. The molecule has 0 fully saturated rings. The van der Waals surface area contributed by atoms with Crippen molar-refractivity contribution in [2.75, 3.05) is 5.75 Å². The molecule has 1 atom stereocenters. The van der Waals surface area contributed by atoms with Gasteiger partial charge in [-0.1, -0.05) is 72.3 Å². The van der Waals surface area contributed by atoms with E-state index >= 15 is 0 Å². The molecule has 4 aromatic rings. The maximum absolute atomic E-state index is 11.7. The Hall–Kier alpha value is -3.12. The molecule has 0 unspecified atom stereocenters. The number of hydrogen-bond acceptors (Lipinski definition) is 4. The molecule has 1 aromatic heterocycles. The lowest BCUT2D eigenvalue weighted by atomic mass is 9.98. The van der Waals surface area contributed by atoms with Crippen molar-refractivity contribution in [2.45, 2.75) is 44.0 Å². The third-order valence-corrected chi connectivity index (χ3v) is 7.95. The van der Waals surface area contributed by atoms with Crippen LogP contribution in [0.1, 0.15) is 64.7 Å². The van der Waals surface area contributed by atoms with E-state index < -0.39 is 11.6 Å². The predicted molar refractivity (Wildman–Crippen MR) is 160 cm³/mol. The predicted octanol–water partition coefficient (Wildman–Crippen LogP) is 8.32. The highest BCUT2D eigenvalue weighted by molar-refractivity contribution is 7.99. The molecule has 0 radical (unpaired) electrons. The molecule has 4 rings (SSSR count). The zero-order valence-corrected chi connectivity index (χ0v) is 23.2. The van der Waals surface area contributed by atoms with Gasteiger partial charge in [-0.25, -0.2) is 9.78 Å². The molecule has 38 heavy (non-hydrogen) atoms. The standard InChI is InChI=1S/C32H32ClNO3S/c1-32(2,37)18-19-38-30(17-13-23-7-3-4-9-28(23)31(35)36)25-8-5-6-22(20-25)10-15-27-16-12-24-11-14-26(33)21-29(24)34-27/h3-12,14-16,20-21,30,37H,13,17-19H2,1-2H3,(H,35,36)/t30-/m1/s1. The van der Waals surface area contributed by atoms with E-state index in [9.17, 15) is 15.0 Å². The fourth-order valence-electron chi connectivity index (χ4n) is 4.27. The Morgan fingerprint density at radius 2 is 1.82 bits per heavy atom. The number of carbonyl (C=O) groups is 1. The number of aryl methyl sites for hydroxylation is 1. The number of carboxylic acids is 1. The van der Waals surface area contributed by atoms with E-state index in [2.05, 4.69) is 30.3 Å². The third kappa shape index (κ3) is 7.94. The Morgan fingerprint density at radius 3 is 2.61 bits per heavy atom. The average molecular weight is 546 g/mol. The van der Waals surface area contributed by atoms with Gasteiger partial charge in [-0.15, -0.1) is 0 Å². The smallest absolute Gasteiger partial charge is 0.335 e. The van der Waals surface area contributed by atoms with Gasteiger partial charge < -0.3 is 10.2 Å². The molecule has 2 N–H and O–H groups in total. The number of carboxylic acid groups (broad SMARTS) is 1. The van der Waals surface area contributed by atoms with Gasteiger partial charge in [0.1, 0.15) is 0 Å². The number of pyridine rings is 1. The van der Waals surface area contributed by atoms with Gasteiger partial charge in [0.25, 0.3) is 0 Å². The van der Waals surface area contributed by atoms with Crippen LogP contribution in [0.5, 0.6) is 0 Å². The lowest BCUT2D eigenvalue weighted by Crippen LogP contribution is -2.19.